The van der Waals surface area contributed by atoms with E-state index >= 15 is 0 Å². The molecular formula is C9H11NO2. The first-order valence-corrected chi connectivity index (χ1v) is 3.77. The van der Waals surface area contributed by atoms with E-state index in [0.717, 1.165) is 5.69 Å². The number of para-hydroxylation sites is 1. The number of carbonyl (C=O) groups excluding carboxylic acids is 1. The number of hydrogen-bond donors (Lipinski definition) is 1. The van der Waals surface area contributed by atoms with Crippen molar-refractivity contribution in [2.24, 2.45) is 0 Å². The Kier molecular flexibility index (Phi) is 3.71. The van der Waals surface area contributed by atoms with E-state index in [1.807, 2.05) is 30.3 Å². The van der Waals surface area contributed by atoms with Crippen LogP contribution in [0.1, 0.15) is 0 Å². The van der Waals surface area contributed by atoms with Crippen LogP contribution in [0.2, 0.25) is 0 Å². The molecule has 0 unspecified atom stereocenters. The van der Waals surface area contributed by atoms with Gasteiger partial charge in [0.05, 0.1) is 0 Å². The molecule has 0 radical (unpaired) electrons. The Balaban J connectivity index is 2.20. The Labute approximate surface area is 71.4 Å². The highest BCUT2D eigenvalue weighted by atomic mass is 16.5. The fourth-order valence-corrected chi connectivity index (χ4v) is 0.858. The van der Waals surface area contributed by atoms with Crippen molar-refractivity contribution in [3.8, 4) is 0 Å². The van der Waals surface area contributed by atoms with E-state index in [2.05, 4.69) is 10.1 Å². The Morgan fingerprint density at radius 3 is 2.75 bits per heavy atom. The number of ether oxygens (including phenoxy) is 1. The maximum Gasteiger partial charge on any atom is 0.293 e. The molecule has 3 heteroatoms. The topological polar surface area (TPSA) is 38.3 Å². The molecule has 1 N–H and O–H groups in total. The zero-order chi connectivity index (χ0) is 8.65. The summed E-state index contributed by atoms with van der Waals surface area (Å²) in [6.07, 6.45) is 0. The first kappa shape index (κ1) is 8.59. The summed E-state index contributed by atoms with van der Waals surface area (Å²) >= 11 is 0. The molecule has 0 aliphatic heterocycles. The molecule has 0 aliphatic rings. The van der Waals surface area contributed by atoms with E-state index in [1.165, 1.54) is 0 Å². The molecule has 0 amide bonds. The monoisotopic (exact) mass is 165 g/mol. The van der Waals surface area contributed by atoms with Gasteiger partial charge in [0.15, 0.2) is 0 Å². The quantitative estimate of drug-likeness (QED) is 0.527. The summed E-state index contributed by atoms with van der Waals surface area (Å²) in [5.41, 5.74) is 1.03. The van der Waals surface area contributed by atoms with Crippen LogP contribution in [0.4, 0.5) is 5.69 Å². The molecule has 1 aromatic carbocycles. The molecule has 12 heavy (non-hydrogen) atoms. The van der Waals surface area contributed by atoms with Crippen molar-refractivity contribution < 1.29 is 9.53 Å². The average Bonchev–Trinajstić information content (AvgIpc) is 2.14. The normalized spacial score (nSPS) is 9.00. The summed E-state index contributed by atoms with van der Waals surface area (Å²) in [5.74, 6) is 0. The van der Waals surface area contributed by atoms with Crippen LogP contribution >= 0.6 is 0 Å². The van der Waals surface area contributed by atoms with Crippen molar-refractivity contribution in [2.75, 3.05) is 18.5 Å². The molecule has 0 saturated heterocycles. The Hall–Kier alpha value is -1.51. The van der Waals surface area contributed by atoms with Gasteiger partial charge in [-0.3, -0.25) is 4.79 Å². The van der Waals surface area contributed by atoms with Crippen LogP contribution < -0.4 is 5.32 Å². The molecule has 1 aromatic rings. The average molecular weight is 165 g/mol. The molecule has 0 bridgehead atoms. The maximum absolute atomic E-state index is 9.77. The summed E-state index contributed by atoms with van der Waals surface area (Å²) in [4.78, 5) is 9.77. The van der Waals surface area contributed by atoms with Crippen LogP contribution in [-0.4, -0.2) is 19.6 Å². The molecule has 0 heterocycles. The molecule has 0 aromatic heterocycles. The van der Waals surface area contributed by atoms with Gasteiger partial charge in [0.25, 0.3) is 6.47 Å². The fraction of sp³-hybridized carbons (Fsp3) is 0.222. The number of carbonyl (C=O) groups is 1. The van der Waals surface area contributed by atoms with E-state index in [4.69, 9.17) is 0 Å². The van der Waals surface area contributed by atoms with Gasteiger partial charge in [-0.15, -0.1) is 0 Å². The molecule has 1 rings (SSSR count). The van der Waals surface area contributed by atoms with Crippen LogP contribution in [0.5, 0.6) is 0 Å². The molecule has 0 atom stereocenters. The SMILES string of the molecule is O=COCCNc1ccccc1. The second-order valence-electron chi connectivity index (χ2n) is 2.26. The van der Waals surface area contributed by atoms with E-state index in [-0.39, 0.29) is 0 Å². The van der Waals surface area contributed by atoms with E-state index < -0.39 is 0 Å². The standard InChI is InChI=1S/C9H11NO2/c11-8-12-7-6-10-9-4-2-1-3-5-9/h1-5,8,10H,6-7H2. The predicted molar refractivity (Wildman–Crippen MR) is 46.9 cm³/mol. The molecule has 0 saturated carbocycles. The summed E-state index contributed by atoms with van der Waals surface area (Å²) in [6.45, 7) is 1.49. The summed E-state index contributed by atoms with van der Waals surface area (Å²) in [7, 11) is 0. The van der Waals surface area contributed by atoms with Crippen LogP contribution in [-0.2, 0) is 9.53 Å². The maximum atomic E-state index is 9.77. The number of rotatable bonds is 5. The second-order valence-corrected chi connectivity index (χ2v) is 2.26. The predicted octanol–water partition coefficient (Wildman–Crippen LogP) is 1.27. The molecule has 3 nitrogen and oxygen atoms in total. The van der Waals surface area contributed by atoms with Crippen molar-refractivity contribution >= 4 is 12.2 Å². The van der Waals surface area contributed by atoms with Crippen LogP contribution in [0.25, 0.3) is 0 Å². The van der Waals surface area contributed by atoms with Crippen molar-refractivity contribution in [3.05, 3.63) is 30.3 Å². The molecule has 0 spiro atoms. The Bertz CT molecular complexity index is 223. The number of nitrogens with one attached hydrogen (secondary N) is 1. The lowest BCUT2D eigenvalue weighted by Gasteiger charge is -2.03. The largest absolute Gasteiger partial charge is 0.466 e. The van der Waals surface area contributed by atoms with Gasteiger partial charge in [-0.2, -0.15) is 0 Å². The van der Waals surface area contributed by atoms with Gasteiger partial charge >= 0.3 is 0 Å². The van der Waals surface area contributed by atoms with E-state index in [9.17, 15) is 4.79 Å². The van der Waals surface area contributed by atoms with Gasteiger partial charge in [0, 0.05) is 12.2 Å². The molecule has 0 aliphatic carbocycles. The van der Waals surface area contributed by atoms with E-state index in [1.54, 1.807) is 0 Å². The van der Waals surface area contributed by atoms with Crippen LogP contribution in [0.3, 0.4) is 0 Å². The molecule has 0 fully saturated rings. The first-order chi connectivity index (χ1) is 5.93. The van der Waals surface area contributed by atoms with Crippen molar-refractivity contribution in [2.45, 2.75) is 0 Å². The highest BCUT2D eigenvalue weighted by Gasteiger charge is 1.87. The zero-order valence-corrected chi connectivity index (χ0v) is 6.69. The van der Waals surface area contributed by atoms with Crippen molar-refractivity contribution in [1.29, 1.82) is 0 Å². The molecule has 64 valence electrons. The number of benzene rings is 1. The van der Waals surface area contributed by atoms with Crippen LogP contribution in [0, 0.1) is 0 Å². The third-order valence-electron chi connectivity index (χ3n) is 1.39. The lowest BCUT2D eigenvalue weighted by Crippen LogP contribution is -2.08. The third-order valence-corrected chi connectivity index (χ3v) is 1.39. The van der Waals surface area contributed by atoms with Gasteiger partial charge in [-0.1, -0.05) is 18.2 Å². The summed E-state index contributed by atoms with van der Waals surface area (Å²) < 4.78 is 4.51. The lowest BCUT2D eigenvalue weighted by atomic mass is 10.3. The van der Waals surface area contributed by atoms with Crippen molar-refractivity contribution in [3.63, 3.8) is 0 Å². The fourth-order valence-electron chi connectivity index (χ4n) is 0.858. The zero-order valence-electron chi connectivity index (χ0n) is 6.69. The third kappa shape index (κ3) is 3.05. The smallest absolute Gasteiger partial charge is 0.293 e. The van der Waals surface area contributed by atoms with Crippen molar-refractivity contribution in [1.82, 2.24) is 0 Å². The Morgan fingerprint density at radius 2 is 2.08 bits per heavy atom. The minimum Gasteiger partial charge on any atom is -0.466 e. The second kappa shape index (κ2) is 5.18. The highest BCUT2D eigenvalue weighted by molar-refractivity contribution is 5.42. The highest BCUT2D eigenvalue weighted by Crippen LogP contribution is 2.03. The van der Waals surface area contributed by atoms with E-state index in [0.29, 0.717) is 19.6 Å². The Morgan fingerprint density at radius 1 is 1.33 bits per heavy atom. The van der Waals surface area contributed by atoms with Crippen LogP contribution in [0.15, 0.2) is 30.3 Å². The summed E-state index contributed by atoms with van der Waals surface area (Å²) in [5, 5.41) is 3.10. The van der Waals surface area contributed by atoms with Gasteiger partial charge < -0.3 is 10.1 Å². The number of hydrogen-bond acceptors (Lipinski definition) is 3. The van der Waals surface area contributed by atoms with Gasteiger partial charge in [0.1, 0.15) is 6.61 Å². The van der Waals surface area contributed by atoms with Gasteiger partial charge in [0.2, 0.25) is 0 Å². The molecular weight excluding hydrogens is 154 g/mol. The minimum absolute atomic E-state index is 0.401. The first-order valence-electron chi connectivity index (χ1n) is 3.77. The van der Waals surface area contributed by atoms with Gasteiger partial charge in [-0.05, 0) is 12.1 Å². The summed E-state index contributed by atoms with van der Waals surface area (Å²) in [6, 6.07) is 9.76. The minimum atomic E-state index is 0.401. The lowest BCUT2D eigenvalue weighted by molar-refractivity contribution is -0.128. The number of anilines is 1. The van der Waals surface area contributed by atoms with Gasteiger partial charge in [-0.25, -0.2) is 0 Å².